The summed E-state index contributed by atoms with van der Waals surface area (Å²) in [5.41, 5.74) is 7.43. The van der Waals surface area contributed by atoms with E-state index in [0.717, 1.165) is 37.3 Å². The highest BCUT2D eigenvalue weighted by atomic mass is 16.2. The quantitative estimate of drug-likeness (QED) is 0.864. The van der Waals surface area contributed by atoms with Crippen molar-refractivity contribution in [3.8, 4) is 11.4 Å². The van der Waals surface area contributed by atoms with Gasteiger partial charge in [0.1, 0.15) is 12.4 Å². The number of carbonyl (C=O) groups is 1. The molecule has 2 aromatic rings. The number of carbonyl (C=O) groups excluding carboxylic acids is 1. The van der Waals surface area contributed by atoms with Gasteiger partial charge >= 0.3 is 0 Å². The molecule has 2 N–H and O–H groups in total. The molecular formula is C15H18N4O. The Labute approximate surface area is 118 Å². The van der Waals surface area contributed by atoms with E-state index in [1.54, 1.807) is 6.20 Å². The summed E-state index contributed by atoms with van der Waals surface area (Å²) in [7, 11) is 0. The second-order valence-electron chi connectivity index (χ2n) is 5.09. The zero-order valence-electron chi connectivity index (χ0n) is 11.3. The zero-order chi connectivity index (χ0) is 13.9. The fourth-order valence-electron chi connectivity index (χ4n) is 2.59. The van der Waals surface area contributed by atoms with Gasteiger partial charge in [-0.15, -0.1) is 0 Å². The molecule has 0 spiro atoms. The molecule has 0 radical (unpaired) electrons. The van der Waals surface area contributed by atoms with E-state index in [1.807, 2.05) is 39.9 Å². The summed E-state index contributed by atoms with van der Waals surface area (Å²) in [6.45, 7) is 2.09. The minimum Gasteiger partial charge on any atom is -0.399 e. The number of rotatable bonds is 3. The lowest BCUT2D eigenvalue weighted by molar-refractivity contribution is -0.130. The highest BCUT2D eigenvalue weighted by Gasteiger charge is 2.19. The van der Waals surface area contributed by atoms with Gasteiger partial charge < -0.3 is 15.2 Å². The number of nitrogen functional groups attached to an aromatic ring is 1. The zero-order valence-corrected chi connectivity index (χ0v) is 11.3. The van der Waals surface area contributed by atoms with Gasteiger partial charge in [0.05, 0.1) is 0 Å². The van der Waals surface area contributed by atoms with Crippen molar-refractivity contribution in [3.05, 3.63) is 36.7 Å². The number of nitrogens with two attached hydrogens (primary N) is 1. The number of benzene rings is 1. The highest BCUT2D eigenvalue weighted by Crippen LogP contribution is 2.20. The summed E-state index contributed by atoms with van der Waals surface area (Å²) >= 11 is 0. The monoisotopic (exact) mass is 270 g/mol. The molecule has 20 heavy (non-hydrogen) atoms. The predicted molar refractivity (Wildman–Crippen MR) is 77.9 cm³/mol. The van der Waals surface area contributed by atoms with Crippen LogP contribution in [0.15, 0.2) is 36.7 Å². The van der Waals surface area contributed by atoms with Gasteiger partial charge in [-0.1, -0.05) is 12.1 Å². The van der Waals surface area contributed by atoms with Crippen molar-refractivity contribution >= 4 is 11.6 Å². The Hall–Kier alpha value is -2.30. The maximum Gasteiger partial charge on any atom is 0.242 e. The molecule has 1 aromatic heterocycles. The van der Waals surface area contributed by atoms with E-state index in [9.17, 15) is 4.79 Å². The molecule has 5 heteroatoms. The summed E-state index contributed by atoms with van der Waals surface area (Å²) in [5.74, 6) is 0.940. The van der Waals surface area contributed by atoms with E-state index in [1.165, 1.54) is 0 Å². The number of imidazole rings is 1. The smallest absolute Gasteiger partial charge is 0.242 e. The second-order valence-corrected chi connectivity index (χ2v) is 5.09. The largest absolute Gasteiger partial charge is 0.399 e. The van der Waals surface area contributed by atoms with Crippen LogP contribution in [-0.2, 0) is 11.3 Å². The van der Waals surface area contributed by atoms with E-state index in [-0.39, 0.29) is 5.91 Å². The van der Waals surface area contributed by atoms with E-state index in [2.05, 4.69) is 4.98 Å². The minimum absolute atomic E-state index is 0.158. The summed E-state index contributed by atoms with van der Waals surface area (Å²) in [6.07, 6.45) is 5.78. The van der Waals surface area contributed by atoms with E-state index >= 15 is 0 Å². The number of aromatic nitrogens is 2. The van der Waals surface area contributed by atoms with Gasteiger partial charge in [-0.2, -0.15) is 0 Å². The van der Waals surface area contributed by atoms with Gasteiger partial charge in [0.2, 0.25) is 5.91 Å². The third-order valence-electron chi connectivity index (χ3n) is 3.62. The molecule has 104 valence electrons. The third-order valence-corrected chi connectivity index (χ3v) is 3.62. The van der Waals surface area contributed by atoms with Gasteiger partial charge in [0.15, 0.2) is 0 Å². The van der Waals surface area contributed by atoms with Crippen LogP contribution in [0.5, 0.6) is 0 Å². The Morgan fingerprint density at radius 3 is 2.85 bits per heavy atom. The molecule has 1 aliphatic heterocycles. The number of nitrogens with zero attached hydrogens (tertiary/aromatic N) is 3. The van der Waals surface area contributed by atoms with Crippen LogP contribution in [0.2, 0.25) is 0 Å². The van der Waals surface area contributed by atoms with Crippen LogP contribution in [0.1, 0.15) is 12.8 Å². The summed E-state index contributed by atoms with van der Waals surface area (Å²) in [5, 5.41) is 0. The van der Waals surface area contributed by atoms with Crippen LogP contribution in [0.25, 0.3) is 11.4 Å². The summed E-state index contributed by atoms with van der Waals surface area (Å²) in [4.78, 5) is 18.5. The Bertz CT molecular complexity index is 614. The molecular weight excluding hydrogens is 252 g/mol. The SMILES string of the molecule is Nc1cccc(-c2nccn2CC(=O)N2CCCC2)c1. The van der Waals surface area contributed by atoms with Crippen molar-refractivity contribution in [1.82, 2.24) is 14.5 Å². The van der Waals surface area contributed by atoms with Gasteiger partial charge in [0, 0.05) is 36.7 Å². The first-order valence-corrected chi connectivity index (χ1v) is 6.89. The lowest BCUT2D eigenvalue weighted by atomic mass is 10.2. The van der Waals surface area contributed by atoms with Crippen LogP contribution in [0, 0.1) is 0 Å². The van der Waals surface area contributed by atoms with Crippen LogP contribution >= 0.6 is 0 Å². The molecule has 2 heterocycles. The van der Waals surface area contributed by atoms with E-state index in [4.69, 9.17) is 5.73 Å². The predicted octanol–water partition coefficient (Wildman–Crippen LogP) is 1.75. The average molecular weight is 270 g/mol. The van der Waals surface area contributed by atoms with Crippen molar-refractivity contribution in [2.75, 3.05) is 18.8 Å². The Balaban J connectivity index is 1.81. The maximum absolute atomic E-state index is 12.2. The standard InChI is InChI=1S/C15H18N4O/c16-13-5-3-4-12(10-13)15-17-6-9-19(15)11-14(20)18-7-1-2-8-18/h3-6,9-10H,1-2,7-8,11,16H2. The molecule has 1 saturated heterocycles. The summed E-state index contributed by atoms with van der Waals surface area (Å²) in [6, 6.07) is 7.56. The second kappa shape index (κ2) is 5.36. The Morgan fingerprint density at radius 1 is 1.30 bits per heavy atom. The fraction of sp³-hybridized carbons (Fsp3) is 0.333. The van der Waals surface area contributed by atoms with Crippen molar-refractivity contribution in [2.24, 2.45) is 0 Å². The molecule has 1 amide bonds. The third kappa shape index (κ3) is 2.52. The van der Waals surface area contributed by atoms with E-state index in [0.29, 0.717) is 12.2 Å². The Morgan fingerprint density at radius 2 is 2.10 bits per heavy atom. The lowest BCUT2D eigenvalue weighted by Crippen LogP contribution is -2.31. The van der Waals surface area contributed by atoms with Gasteiger partial charge in [-0.3, -0.25) is 4.79 Å². The fourth-order valence-corrected chi connectivity index (χ4v) is 2.59. The average Bonchev–Trinajstić information content (AvgIpc) is 3.09. The van der Waals surface area contributed by atoms with E-state index < -0.39 is 0 Å². The van der Waals surface area contributed by atoms with Crippen molar-refractivity contribution in [3.63, 3.8) is 0 Å². The molecule has 1 aromatic carbocycles. The van der Waals surface area contributed by atoms with Gasteiger partial charge in [-0.25, -0.2) is 4.98 Å². The van der Waals surface area contributed by atoms with Crippen molar-refractivity contribution in [2.45, 2.75) is 19.4 Å². The molecule has 0 aliphatic carbocycles. The van der Waals surface area contributed by atoms with Gasteiger partial charge in [-0.05, 0) is 25.0 Å². The minimum atomic E-state index is 0.158. The normalized spacial score (nSPS) is 14.7. The molecule has 5 nitrogen and oxygen atoms in total. The van der Waals surface area contributed by atoms with Gasteiger partial charge in [0.25, 0.3) is 0 Å². The number of hydrogen-bond donors (Lipinski definition) is 1. The first-order chi connectivity index (χ1) is 9.74. The first kappa shape index (κ1) is 12.7. The first-order valence-electron chi connectivity index (χ1n) is 6.89. The number of anilines is 1. The maximum atomic E-state index is 12.2. The van der Waals surface area contributed by atoms with Crippen LogP contribution in [-0.4, -0.2) is 33.4 Å². The number of hydrogen-bond acceptors (Lipinski definition) is 3. The molecule has 0 bridgehead atoms. The molecule has 0 atom stereocenters. The topological polar surface area (TPSA) is 64.1 Å². The Kier molecular flexibility index (Phi) is 3.41. The van der Waals surface area contributed by atoms with Crippen LogP contribution in [0.3, 0.4) is 0 Å². The lowest BCUT2D eigenvalue weighted by Gasteiger charge is -2.16. The molecule has 0 saturated carbocycles. The van der Waals surface area contributed by atoms with Crippen molar-refractivity contribution < 1.29 is 4.79 Å². The number of amides is 1. The van der Waals surface area contributed by atoms with Crippen molar-refractivity contribution in [1.29, 1.82) is 0 Å². The van der Waals surface area contributed by atoms with Crippen LogP contribution < -0.4 is 5.73 Å². The van der Waals surface area contributed by atoms with Crippen LogP contribution in [0.4, 0.5) is 5.69 Å². The highest BCUT2D eigenvalue weighted by molar-refractivity contribution is 5.77. The number of likely N-dealkylation sites (tertiary alicyclic amines) is 1. The molecule has 1 aliphatic rings. The summed E-state index contributed by atoms with van der Waals surface area (Å²) < 4.78 is 1.88. The molecule has 0 unspecified atom stereocenters. The molecule has 3 rings (SSSR count). The molecule has 1 fully saturated rings.